The molecule has 1 rings (SSSR count). The standard InChI is InChI=1S/C16H21NO/c1-3-5-12-16(18)17(13-6-4-2)14-15-10-8-7-9-11-15/h3-5,7-11H,2,6,12-14H2,1H3. The van der Waals surface area contributed by atoms with Gasteiger partial charge in [0.15, 0.2) is 0 Å². The molecule has 1 amide bonds. The van der Waals surface area contributed by atoms with Crippen LogP contribution in [0.4, 0.5) is 0 Å². The number of amides is 1. The van der Waals surface area contributed by atoms with Crippen molar-refractivity contribution >= 4 is 5.91 Å². The number of benzene rings is 1. The second-order valence-corrected chi connectivity index (χ2v) is 4.15. The van der Waals surface area contributed by atoms with Crippen LogP contribution in [0.2, 0.25) is 0 Å². The third-order valence-electron chi connectivity index (χ3n) is 2.70. The van der Waals surface area contributed by atoms with E-state index >= 15 is 0 Å². The average molecular weight is 243 g/mol. The van der Waals surface area contributed by atoms with Gasteiger partial charge < -0.3 is 4.90 Å². The summed E-state index contributed by atoms with van der Waals surface area (Å²) in [6, 6.07) is 10.1. The minimum atomic E-state index is 0.166. The molecule has 0 aliphatic heterocycles. The van der Waals surface area contributed by atoms with E-state index < -0.39 is 0 Å². The Bertz CT molecular complexity index is 395. The van der Waals surface area contributed by atoms with Gasteiger partial charge in [0.2, 0.25) is 5.91 Å². The minimum Gasteiger partial charge on any atom is -0.338 e. The normalized spacial score (nSPS) is 10.5. The number of rotatable bonds is 7. The Morgan fingerprint density at radius 1 is 1.33 bits per heavy atom. The van der Waals surface area contributed by atoms with Crippen molar-refractivity contribution in [2.45, 2.75) is 26.3 Å². The molecule has 1 aromatic rings. The van der Waals surface area contributed by atoms with Crippen molar-refractivity contribution in [3.05, 3.63) is 60.7 Å². The van der Waals surface area contributed by atoms with Crippen molar-refractivity contribution in [1.29, 1.82) is 0 Å². The quantitative estimate of drug-likeness (QED) is 0.671. The molecule has 0 aliphatic rings. The van der Waals surface area contributed by atoms with E-state index in [-0.39, 0.29) is 5.91 Å². The SMILES string of the molecule is C=CCCN(Cc1ccccc1)C(=O)CC=CC. The fourth-order valence-electron chi connectivity index (χ4n) is 1.69. The van der Waals surface area contributed by atoms with Gasteiger partial charge in [0.05, 0.1) is 0 Å². The van der Waals surface area contributed by atoms with Crippen molar-refractivity contribution < 1.29 is 4.79 Å². The molecule has 0 bridgehead atoms. The van der Waals surface area contributed by atoms with Crippen LogP contribution in [0.1, 0.15) is 25.3 Å². The Hall–Kier alpha value is -1.83. The summed E-state index contributed by atoms with van der Waals surface area (Å²) in [7, 11) is 0. The summed E-state index contributed by atoms with van der Waals surface area (Å²) < 4.78 is 0. The number of carbonyl (C=O) groups excluding carboxylic acids is 1. The summed E-state index contributed by atoms with van der Waals surface area (Å²) in [5.41, 5.74) is 1.16. The lowest BCUT2D eigenvalue weighted by atomic mass is 10.2. The maximum atomic E-state index is 12.1. The van der Waals surface area contributed by atoms with Gasteiger partial charge in [0, 0.05) is 19.5 Å². The first-order valence-corrected chi connectivity index (χ1v) is 6.31. The van der Waals surface area contributed by atoms with E-state index in [9.17, 15) is 4.79 Å². The van der Waals surface area contributed by atoms with Gasteiger partial charge in [-0.05, 0) is 18.9 Å². The van der Waals surface area contributed by atoms with Crippen LogP contribution in [0.5, 0.6) is 0 Å². The summed E-state index contributed by atoms with van der Waals surface area (Å²) in [5, 5.41) is 0. The molecule has 0 spiro atoms. The van der Waals surface area contributed by atoms with Crippen LogP contribution in [0.3, 0.4) is 0 Å². The van der Waals surface area contributed by atoms with Gasteiger partial charge in [0.1, 0.15) is 0 Å². The van der Waals surface area contributed by atoms with Crippen LogP contribution >= 0.6 is 0 Å². The van der Waals surface area contributed by atoms with Crippen molar-refractivity contribution in [2.75, 3.05) is 6.54 Å². The number of nitrogens with zero attached hydrogens (tertiary/aromatic N) is 1. The van der Waals surface area contributed by atoms with Gasteiger partial charge in [-0.25, -0.2) is 0 Å². The summed E-state index contributed by atoms with van der Waals surface area (Å²) in [4.78, 5) is 13.9. The van der Waals surface area contributed by atoms with Gasteiger partial charge in [-0.3, -0.25) is 4.79 Å². The second kappa shape index (κ2) is 8.29. The molecule has 0 heterocycles. The van der Waals surface area contributed by atoms with Crippen molar-refractivity contribution in [2.24, 2.45) is 0 Å². The Morgan fingerprint density at radius 2 is 2.06 bits per heavy atom. The van der Waals surface area contributed by atoms with Crippen LogP contribution in [0.25, 0.3) is 0 Å². The fourth-order valence-corrected chi connectivity index (χ4v) is 1.69. The Kier molecular flexibility index (Phi) is 6.55. The molecule has 0 unspecified atom stereocenters. The lowest BCUT2D eigenvalue weighted by Gasteiger charge is -2.21. The molecule has 0 saturated carbocycles. The van der Waals surface area contributed by atoms with E-state index in [1.54, 1.807) is 0 Å². The predicted octanol–water partition coefficient (Wildman–Crippen LogP) is 3.56. The maximum Gasteiger partial charge on any atom is 0.226 e. The van der Waals surface area contributed by atoms with Crippen molar-refractivity contribution in [1.82, 2.24) is 4.90 Å². The fraction of sp³-hybridized carbons (Fsp3) is 0.312. The van der Waals surface area contributed by atoms with Crippen LogP contribution in [0, 0.1) is 0 Å². The van der Waals surface area contributed by atoms with E-state index in [4.69, 9.17) is 0 Å². The number of hydrogen-bond donors (Lipinski definition) is 0. The average Bonchev–Trinajstić information content (AvgIpc) is 2.42. The highest BCUT2D eigenvalue weighted by molar-refractivity contribution is 5.77. The summed E-state index contributed by atoms with van der Waals surface area (Å²) in [6.07, 6.45) is 6.95. The molecule has 2 nitrogen and oxygen atoms in total. The zero-order valence-corrected chi connectivity index (χ0v) is 11.0. The molecule has 0 aromatic heterocycles. The molecule has 0 radical (unpaired) electrons. The Labute approximate surface area is 110 Å². The van der Waals surface area contributed by atoms with Gasteiger partial charge >= 0.3 is 0 Å². The lowest BCUT2D eigenvalue weighted by molar-refractivity contribution is -0.130. The van der Waals surface area contributed by atoms with Crippen LogP contribution in [-0.2, 0) is 11.3 Å². The summed E-state index contributed by atoms with van der Waals surface area (Å²) >= 11 is 0. The van der Waals surface area contributed by atoms with Gasteiger partial charge in [-0.1, -0.05) is 48.6 Å². The van der Waals surface area contributed by atoms with Gasteiger partial charge in [0.25, 0.3) is 0 Å². The largest absolute Gasteiger partial charge is 0.338 e. The second-order valence-electron chi connectivity index (χ2n) is 4.15. The first kappa shape index (κ1) is 14.2. The zero-order chi connectivity index (χ0) is 13.2. The highest BCUT2D eigenvalue weighted by Gasteiger charge is 2.11. The molecule has 2 heteroatoms. The highest BCUT2D eigenvalue weighted by Crippen LogP contribution is 2.07. The summed E-state index contributed by atoms with van der Waals surface area (Å²) in [6.45, 7) is 7.04. The molecule has 0 fully saturated rings. The first-order valence-electron chi connectivity index (χ1n) is 6.31. The molecule has 0 atom stereocenters. The zero-order valence-electron chi connectivity index (χ0n) is 11.0. The molecular formula is C16H21NO. The predicted molar refractivity (Wildman–Crippen MR) is 76.1 cm³/mol. The lowest BCUT2D eigenvalue weighted by Crippen LogP contribution is -2.30. The number of allylic oxidation sites excluding steroid dienone is 1. The van der Waals surface area contributed by atoms with E-state index in [1.807, 2.05) is 60.4 Å². The van der Waals surface area contributed by atoms with Crippen LogP contribution < -0.4 is 0 Å². The number of carbonyl (C=O) groups is 1. The number of hydrogen-bond acceptors (Lipinski definition) is 1. The highest BCUT2D eigenvalue weighted by atomic mass is 16.2. The van der Waals surface area contributed by atoms with E-state index in [1.165, 1.54) is 0 Å². The topological polar surface area (TPSA) is 20.3 Å². The molecule has 96 valence electrons. The smallest absolute Gasteiger partial charge is 0.226 e. The van der Waals surface area contributed by atoms with E-state index in [2.05, 4.69) is 6.58 Å². The maximum absolute atomic E-state index is 12.1. The summed E-state index contributed by atoms with van der Waals surface area (Å²) in [5.74, 6) is 0.166. The monoisotopic (exact) mass is 243 g/mol. The third-order valence-corrected chi connectivity index (χ3v) is 2.70. The van der Waals surface area contributed by atoms with Crippen LogP contribution in [-0.4, -0.2) is 17.4 Å². The Morgan fingerprint density at radius 3 is 2.67 bits per heavy atom. The van der Waals surface area contributed by atoms with Crippen molar-refractivity contribution in [3.8, 4) is 0 Å². The van der Waals surface area contributed by atoms with Gasteiger partial charge in [-0.15, -0.1) is 6.58 Å². The van der Waals surface area contributed by atoms with Crippen LogP contribution in [0.15, 0.2) is 55.1 Å². The molecule has 0 aliphatic carbocycles. The molecule has 0 saturated heterocycles. The molecule has 18 heavy (non-hydrogen) atoms. The first-order chi connectivity index (χ1) is 8.77. The van der Waals surface area contributed by atoms with Gasteiger partial charge in [-0.2, -0.15) is 0 Å². The van der Waals surface area contributed by atoms with Crippen molar-refractivity contribution in [3.63, 3.8) is 0 Å². The van der Waals surface area contributed by atoms with E-state index in [0.29, 0.717) is 13.0 Å². The van der Waals surface area contributed by atoms with E-state index in [0.717, 1.165) is 18.5 Å². The molecule has 1 aromatic carbocycles. The molecule has 0 N–H and O–H groups in total. The Balaban J connectivity index is 2.65. The molecular weight excluding hydrogens is 222 g/mol. The third kappa shape index (κ3) is 5.00. The minimum absolute atomic E-state index is 0.166.